The molecule has 4 rings (SSSR count). The van der Waals surface area contributed by atoms with Crippen molar-refractivity contribution in [3.63, 3.8) is 0 Å². The largest absolute Gasteiger partial charge is 0.573 e. The third-order valence-electron chi connectivity index (χ3n) is 5.26. The molecule has 9 nitrogen and oxygen atoms in total. The molecule has 0 unspecified atom stereocenters. The average molecular weight is 514 g/mol. The van der Waals surface area contributed by atoms with Crippen molar-refractivity contribution >= 4 is 17.5 Å². The fraction of sp³-hybridized carbons (Fsp3) is 0.160. The molecule has 192 valence electrons. The molecule has 12 heteroatoms. The van der Waals surface area contributed by atoms with Gasteiger partial charge in [0.15, 0.2) is 5.82 Å². The van der Waals surface area contributed by atoms with Crippen LogP contribution in [0.25, 0.3) is 17.1 Å². The van der Waals surface area contributed by atoms with Crippen molar-refractivity contribution in [3.8, 4) is 34.3 Å². The summed E-state index contributed by atoms with van der Waals surface area (Å²) in [6.07, 6.45) is -3.39. The molecule has 2 aromatic heterocycles. The van der Waals surface area contributed by atoms with Crippen LogP contribution < -0.4 is 19.5 Å². The number of aryl methyl sites for hydroxylation is 1. The Kier molecular flexibility index (Phi) is 6.92. The Labute approximate surface area is 209 Å². The van der Waals surface area contributed by atoms with E-state index in [1.165, 1.54) is 25.0 Å². The first-order valence-corrected chi connectivity index (χ1v) is 10.7. The van der Waals surface area contributed by atoms with E-state index in [1.807, 2.05) is 13.0 Å². The van der Waals surface area contributed by atoms with Crippen LogP contribution in [0.15, 0.2) is 60.8 Å². The van der Waals surface area contributed by atoms with Gasteiger partial charge in [0.25, 0.3) is 0 Å². The number of carboxylic acid groups (broad SMARTS) is 1. The van der Waals surface area contributed by atoms with Crippen molar-refractivity contribution in [1.82, 2.24) is 14.8 Å². The van der Waals surface area contributed by atoms with Gasteiger partial charge in [0.05, 0.1) is 31.2 Å². The van der Waals surface area contributed by atoms with E-state index in [-0.39, 0.29) is 5.69 Å². The summed E-state index contributed by atoms with van der Waals surface area (Å²) in [5, 5.41) is 17.3. The molecular formula is C25H21F3N4O5. The van der Waals surface area contributed by atoms with Crippen molar-refractivity contribution in [2.45, 2.75) is 13.3 Å². The lowest BCUT2D eigenvalue weighted by Crippen LogP contribution is -2.17. The lowest BCUT2D eigenvalue weighted by atomic mass is 10.1. The van der Waals surface area contributed by atoms with Gasteiger partial charge in [0, 0.05) is 23.9 Å². The maximum absolute atomic E-state index is 12.7. The Morgan fingerprint density at radius 1 is 1.00 bits per heavy atom. The van der Waals surface area contributed by atoms with Crippen molar-refractivity contribution in [3.05, 3.63) is 71.9 Å². The molecule has 0 spiro atoms. The van der Waals surface area contributed by atoms with Crippen molar-refractivity contribution in [2.24, 2.45) is 0 Å². The zero-order valence-electron chi connectivity index (χ0n) is 19.8. The van der Waals surface area contributed by atoms with E-state index in [9.17, 15) is 23.1 Å². The highest BCUT2D eigenvalue weighted by molar-refractivity contribution is 5.95. The molecule has 0 aliphatic rings. The number of anilines is 2. The second-order valence-electron chi connectivity index (χ2n) is 7.76. The molecule has 0 atom stereocenters. The Morgan fingerprint density at radius 2 is 1.70 bits per heavy atom. The Bertz CT molecular complexity index is 1430. The van der Waals surface area contributed by atoms with Crippen LogP contribution >= 0.6 is 0 Å². The summed E-state index contributed by atoms with van der Waals surface area (Å²) in [6.45, 7) is 1.83. The summed E-state index contributed by atoms with van der Waals surface area (Å²) in [7, 11) is 3.03. The van der Waals surface area contributed by atoms with Gasteiger partial charge < -0.3 is 24.6 Å². The number of aromatic carboxylic acids is 1. The van der Waals surface area contributed by atoms with Gasteiger partial charge in [-0.1, -0.05) is 6.07 Å². The fourth-order valence-electron chi connectivity index (χ4n) is 3.57. The van der Waals surface area contributed by atoms with Crippen LogP contribution in [0.1, 0.15) is 15.9 Å². The van der Waals surface area contributed by atoms with Crippen LogP contribution in [0.2, 0.25) is 0 Å². The summed E-state index contributed by atoms with van der Waals surface area (Å²) < 4.78 is 54.0. The minimum Gasteiger partial charge on any atom is -0.497 e. The van der Waals surface area contributed by atoms with Gasteiger partial charge in [-0.2, -0.15) is 9.78 Å². The molecule has 2 N–H and O–H groups in total. The van der Waals surface area contributed by atoms with E-state index in [1.54, 1.807) is 36.5 Å². The number of hydrogen-bond donors (Lipinski definition) is 2. The van der Waals surface area contributed by atoms with Gasteiger partial charge in [0.1, 0.15) is 23.1 Å². The topological polar surface area (TPSA) is 108 Å². The molecule has 4 aromatic rings. The monoisotopic (exact) mass is 514 g/mol. The first kappa shape index (κ1) is 25.4. The highest BCUT2D eigenvalue weighted by atomic mass is 19.4. The standard InChI is InChI=1S/C25H21F3N4O5/c1-14-5-4-8-29-23(14)32-22(13-21(31-32)15-9-17(35-2)11-18(10-15)36-3)30-20-7-6-16(37-25(26,27)28)12-19(20)24(33)34/h4-13,30H,1-3H3,(H,33,34). The summed E-state index contributed by atoms with van der Waals surface area (Å²) in [6, 6.07) is 13.4. The molecule has 0 aliphatic heterocycles. The predicted molar refractivity (Wildman–Crippen MR) is 128 cm³/mol. The molecule has 0 fully saturated rings. The second kappa shape index (κ2) is 10.1. The lowest BCUT2D eigenvalue weighted by molar-refractivity contribution is -0.274. The molecular weight excluding hydrogens is 493 g/mol. The molecule has 0 saturated heterocycles. The molecule has 0 saturated carbocycles. The van der Waals surface area contributed by atoms with Gasteiger partial charge in [-0.3, -0.25) is 0 Å². The number of alkyl halides is 3. The number of halogens is 3. The van der Waals surface area contributed by atoms with Crippen LogP contribution in [0.5, 0.6) is 17.2 Å². The number of nitrogens with one attached hydrogen (secondary N) is 1. The van der Waals surface area contributed by atoms with Gasteiger partial charge in [-0.05, 0) is 48.9 Å². The Hall–Kier alpha value is -4.74. The quantitative estimate of drug-likeness (QED) is 0.313. The van der Waals surface area contributed by atoms with Crippen molar-refractivity contribution in [2.75, 3.05) is 19.5 Å². The number of nitrogens with zero attached hydrogens (tertiary/aromatic N) is 3. The summed E-state index contributed by atoms with van der Waals surface area (Å²) >= 11 is 0. The zero-order valence-corrected chi connectivity index (χ0v) is 19.8. The summed E-state index contributed by atoms with van der Waals surface area (Å²) in [5.74, 6) is -0.283. The van der Waals surface area contributed by atoms with E-state index in [0.29, 0.717) is 34.4 Å². The van der Waals surface area contributed by atoms with E-state index >= 15 is 0 Å². The van der Waals surface area contributed by atoms with Crippen LogP contribution in [0, 0.1) is 6.92 Å². The molecule has 0 radical (unpaired) electrons. The van der Waals surface area contributed by atoms with Gasteiger partial charge in [-0.25, -0.2) is 9.78 Å². The predicted octanol–water partition coefficient (Wildman–Crippen LogP) is 5.60. The van der Waals surface area contributed by atoms with E-state index in [4.69, 9.17) is 9.47 Å². The smallest absolute Gasteiger partial charge is 0.497 e. The SMILES string of the molecule is COc1cc(OC)cc(-c2cc(Nc3ccc(OC(F)(F)F)cc3C(=O)O)n(-c3ncccc3C)n2)c1. The van der Waals surface area contributed by atoms with Crippen molar-refractivity contribution in [1.29, 1.82) is 0 Å². The number of benzene rings is 2. The van der Waals surface area contributed by atoms with Gasteiger partial charge in [-0.15, -0.1) is 13.2 Å². The number of aromatic nitrogens is 3. The molecule has 0 bridgehead atoms. The minimum absolute atomic E-state index is 0.0199. The zero-order chi connectivity index (χ0) is 26.7. The Morgan fingerprint density at radius 3 is 2.30 bits per heavy atom. The first-order valence-electron chi connectivity index (χ1n) is 10.7. The summed E-state index contributed by atoms with van der Waals surface area (Å²) in [4.78, 5) is 16.3. The van der Waals surface area contributed by atoms with E-state index in [0.717, 1.165) is 17.7 Å². The molecule has 0 aliphatic carbocycles. The maximum atomic E-state index is 12.7. The van der Waals surface area contributed by atoms with Crippen LogP contribution in [-0.4, -0.2) is 46.4 Å². The fourth-order valence-corrected chi connectivity index (χ4v) is 3.57. The number of rotatable bonds is 8. The average Bonchev–Trinajstić information content (AvgIpc) is 3.27. The van der Waals surface area contributed by atoms with Gasteiger partial charge in [0.2, 0.25) is 0 Å². The molecule has 0 amide bonds. The number of ether oxygens (including phenoxy) is 3. The highest BCUT2D eigenvalue weighted by Crippen LogP contribution is 2.34. The minimum atomic E-state index is -4.97. The second-order valence-corrected chi connectivity index (χ2v) is 7.76. The first-order chi connectivity index (χ1) is 17.6. The van der Waals surface area contributed by atoms with Crippen LogP contribution in [0.3, 0.4) is 0 Å². The van der Waals surface area contributed by atoms with Crippen LogP contribution in [0.4, 0.5) is 24.7 Å². The molecule has 2 heterocycles. The third-order valence-corrected chi connectivity index (χ3v) is 5.26. The number of carbonyl (C=O) groups is 1. The summed E-state index contributed by atoms with van der Waals surface area (Å²) in [5.41, 5.74) is 1.47. The van der Waals surface area contributed by atoms with E-state index in [2.05, 4.69) is 20.1 Å². The number of methoxy groups -OCH3 is 2. The normalized spacial score (nSPS) is 11.2. The molecule has 37 heavy (non-hydrogen) atoms. The third kappa shape index (κ3) is 5.74. The van der Waals surface area contributed by atoms with Gasteiger partial charge >= 0.3 is 12.3 Å². The number of pyridine rings is 1. The van der Waals surface area contributed by atoms with Crippen LogP contribution in [-0.2, 0) is 0 Å². The Balaban J connectivity index is 1.84. The van der Waals surface area contributed by atoms with E-state index < -0.39 is 23.6 Å². The molecule has 2 aromatic carbocycles. The number of hydrogen-bond acceptors (Lipinski definition) is 7. The maximum Gasteiger partial charge on any atom is 0.573 e. The van der Waals surface area contributed by atoms with Crippen molar-refractivity contribution < 1.29 is 37.3 Å². The highest BCUT2D eigenvalue weighted by Gasteiger charge is 2.31. The lowest BCUT2D eigenvalue weighted by Gasteiger charge is -2.14. The number of carboxylic acids is 1.